The summed E-state index contributed by atoms with van der Waals surface area (Å²) in [5.74, 6) is -0.772. The Labute approximate surface area is 140 Å². The maximum absolute atomic E-state index is 12.6. The Bertz CT molecular complexity index is 765. The molecule has 2 N–H and O–H groups in total. The van der Waals surface area contributed by atoms with Gasteiger partial charge >= 0.3 is 5.97 Å². The second-order valence-electron chi connectivity index (χ2n) is 5.24. The van der Waals surface area contributed by atoms with Gasteiger partial charge in [-0.3, -0.25) is 4.79 Å². The number of benzene rings is 1. The molecule has 0 bridgehead atoms. The third-order valence-electron chi connectivity index (χ3n) is 3.75. The van der Waals surface area contributed by atoms with E-state index >= 15 is 0 Å². The highest BCUT2D eigenvalue weighted by Crippen LogP contribution is 2.24. The van der Waals surface area contributed by atoms with E-state index in [1.165, 1.54) is 7.11 Å². The van der Waals surface area contributed by atoms with Crippen molar-refractivity contribution in [3.05, 3.63) is 51.3 Å². The van der Waals surface area contributed by atoms with Crippen LogP contribution < -0.4 is 5.32 Å². The molecule has 2 aromatic rings. The molecule has 0 aliphatic rings. The molecule has 5 nitrogen and oxygen atoms in total. The lowest BCUT2D eigenvalue weighted by atomic mass is 10.1. The normalized spacial score (nSPS) is 10.5. The second-order valence-corrected chi connectivity index (χ2v) is 5.67. The number of hydrogen-bond donors (Lipinski definition) is 2. The number of carbonyl (C=O) groups excluding carboxylic acids is 2. The first-order valence-electron chi connectivity index (χ1n) is 7.26. The number of esters is 1. The van der Waals surface area contributed by atoms with Crippen LogP contribution in [0.1, 0.15) is 44.6 Å². The second kappa shape index (κ2) is 6.87. The molecule has 0 aliphatic carbocycles. The molecule has 122 valence electrons. The molecule has 1 heterocycles. The summed E-state index contributed by atoms with van der Waals surface area (Å²) in [6.07, 6.45) is 0.592. The molecule has 0 saturated heterocycles. The van der Waals surface area contributed by atoms with E-state index in [1.54, 1.807) is 19.1 Å². The van der Waals surface area contributed by atoms with E-state index in [-0.39, 0.29) is 5.91 Å². The van der Waals surface area contributed by atoms with E-state index < -0.39 is 5.97 Å². The number of nitrogens with one attached hydrogen (secondary N) is 2. The Morgan fingerprint density at radius 3 is 2.61 bits per heavy atom. The first-order valence-corrected chi connectivity index (χ1v) is 7.64. The lowest BCUT2D eigenvalue weighted by Crippen LogP contribution is -2.15. The van der Waals surface area contributed by atoms with Crippen LogP contribution in [-0.4, -0.2) is 24.0 Å². The monoisotopic (exact) mass is 334 g/mol. The predicted octanol–water partition coefficient (Wildman–Crippen LogP) is 3.89. The highest BCUT2D eigenvalue weighted by Gasteiger charge is 2.23. The first kappa shape index (κ1) is 17.1. The quantitative estimate of drug-likeness (QED) is 0.833. The summed E-state index contributed by atoms with van der Waals surface area (Å²) in [5.41, 5.74) is 3.56. The van der Waals surface area contributed by atoms with Crippen molar-refractivity contribution in [2.24, 2.45) is 0 Å². The van der Waals surface area contributed by atoms with Crippen molar-refractivity contribution in [3.8, 4) is 0 Å². The maximum Gasteiger partial charge on any atom is 0.339 e. The fraction of sp³-hybridized carbons (Fsp3) is 0.294. The molecule has 0 atom stereocenters. The van der Waals surface area contributed by atoms with Crippen molar-refractivity contribution < 1.29 is 14.3 Å². The molecule has 1 amide bonds. The Morgan fingerprint density at radius 2 is 2.00 bits per heavy atom. The number of halogens is 1. The molecule has 1 aromatic heterocycles. The Balaban J connectivity index is 2.38. The van der Waals surface area contributed by atoms with Crippen LogP contribution in [0, 0.1) is 13.8 Å². The summed E-state index contributed by atoms with van der Waals surface area (Å²) >= 11 is 5.97. The number of aromatic nitrogens is 1. The molecular weight excluding hydrogens is 316 g/mol. The molecule has 23 heavy (non-hydrogen) atoms. The van der Waals surface area contributed by atoms with E-state index in [0.717, 1.165) is 5.56 Å². The third-order valence-corrected chi connectivity index (χ3v) is 3.98. The molecule has 0 radical (unpaired) electrons. The molecule has 2 rings (SSSR count). The van der Waals surface area contributed by atoms with Crippen molar-refractivity contribution in [2.45, 2.75) is 27.2 Å². The summed E-state index contributed by atoms with van der Waals surface area (Å²) in [4.78, 5) is 27.5. The Hall–Kier alpha value is -2.27. The van der Waals surface area contributed by atoms with Gasteiger partial charge in [0, 0.05) is 16.4 Å². The van der Waals surface area contributed by atoms with Gasteiger partial charge in [-0.05, 0) is 43.5 Å². The van der Waals surface area contributed by atoms with Gasteiger partial charge in [0.1, 0.15) is 5.69 Å². The number of carbonyl (C=O) groups is 2. The van der Waals surface area contributed by atoms with Gasteiger partial charge < -0.3 is 15.0 Å². The highest BCUT2D eigenvalue weighted by molar-refractivity contribution is 6.31. The summed E-state index contributed by atoms with van der Waals surface area (Å²) in [6.45, 7) is 5.51. The van der Waals surface area contributed by atoms with Crippen LogP contribution in [0.2, 0.25) is 5.02 Å². The summed E-state index contributed by atoms with van der Waals surface area (Å²) in [7, 11) is 1.32. The Kier molecular flexibility index (Phi) is 5.11. The number of H-pyrrole nitrogens is 1. The first-order chi connectivity index (χ1) is 10.9. The van der Waals surface area contributed by atoms with Crippen LogP contribution in [0.25, 0.3) is 0 Å². The zero-order chi connectivity index (χ0) is 17.1. The minimum atomic E-state index is -0.450. The van der Waals surface area contributed by atoms with Crippen LogP contribution in [0.5, 0.6) is 0 Å². The number of hydrogen-bond acceptors (Lipinski definition) is 3. The van der Waals surface area contributed by atoms with Gasteiger partial charge in [0.2, 0.25) is 0 Å². The molecule has 0 fully saturated rings. The number of amides is 1. The van der Waals surface area contributed by atoms with Crippen LogP contribution >= 0.6 is 11.6 Å². The molecule has 1 aromatic carbocycles. The van der Waals surface area contributed by atoms with Crippen LogP contribution in [0.3, 0.4) is 0 Å². The number of anilines is 1. The van der Waals surface area contributed by atoms with Crippen molar-refractivity contribution in [1.29, 1.82) is 0 Å². The van der Waals surface area contributed by atoms with Gasteiger partial charge in [-0.1, -0.05) is 24.6 Å². The number of methoxy groups -OCH3 is 1. The van der Waals surface area contributed by atoms with Crippen LogP contribution in [0.15, 0.2) is 18.2 Å². The zero-order valence-electron chi connectivity index (χ0n) is 13.5. The fourth-order valence-corrected chi connectivity index (χ4v) is 2.61. The van der Waals surface area contributed by atoms with E-state index in [0.29, 0.717) is 39.6 Å². The fourth-order valence-electron chi connectivity index (χ4n) is 2.44. The number of rotatable bonds is 4. The van der Waals surface area contributed by atoms with Crippen LogP contribution in [0.4, 0.5) is 5.69 Å². The summed E-state index contributed by atoms with van der Waals surface area (Å²) in [6, 6.07) is 5.28. The van der Waals surface area contributed by atoms with Gasteiger partial charge in [-0.2, -0.15) is 0 Å². The van der Waals surface area contributed by atoms with Crippen molar-refractivity contribution in [2.75, 3.05) is 12.4 Å². The highest BCUT2D eigenvalue weighted by atomic mass is 35.5. The maximum atomic E-state index is 12.6. The van der Waals surface area contributed by atoms with Crippen LogP contribution in [-0.2, 0) is 11.2 Å². The standard InChI is InChI=1S/C17H19ClN2O3/c1-5-12-14(17(22)23-4)10(3)15(19-12)16(21)20-13-8-11(18)7-6-9(13)2/h6-8,19H,5H2,1-4H3,(H,20,21). The summed E-state index contributed by atoms with van der Waals surface area (Å²) in [5, 5.41) is 3.36. The largest absolute Gasteiger partial charge is 0.465 e. The minimum Gasteiger partial charge on any atom is -0.465 e. The van der Waals surface area contributed by atoms with Gasteiger partial charge in [0.25, 0.3) is 5.91 Å². The van der Waals surface area contributed by atoms with Gasteiger partial charge in [0.05, 0.1) is 12.7 Å². The van der Waals surface area contributed by atoms with Crippen molar-refractivity contribution in [3.63, 3.8) is 0 Å². The molecule has 6 heteroatoms. The van der Waals surface area contributed by atoms with E-state index in [2.05, 4.69) is 10.3 Å². The van der Waals surface area contributed by atoms with E-state index in [4.69, 9.17) is 16.3 Å². The lowest BCUT2D eigenvalue weighted by molar-refractivity contribution is 0.0599. The topological polar surface area (TPSA) is 71.2 Å². The average molecular weight is 335 g/mol. The molecule has 0 unspecified atom stereocenters. The van der Waals surface area contributed by atoms with Gasteiger partial charge in [0.15, 0.2) is 0 Å². The molecule has 0 aliphatic heterocycles. The van der Waals surface area contributed by atoms with Gasteiger partial charge in [-0.25, -0.2) is 4.79 Å². The number of ether oxygens (including phenoxy) is 1. The molecule has 0 spiro atoms. The number of aryl methyl sites for hydroxylation is 2. The smallest absolute Gasteiger partial charge is 0.339 e. The molecular formula is C17H19ClN2O3. The third kappa shape index (κ3) is 3.40. The Morgan fingerprint density at radius 1 is 1.30 bits per heavy atom. The van der Waals surface area contributed by atoms with Crippen molar-refractivity contribution in [1.82, 2.24) is 4.98 Å². The van der Waals surface area contributed by atoms with Gasteiger partial charge in [-0.15, -0.1) is 0 Å². The summed E-state index contributed by atoms with van der Waals surface area (Å²) < 4.78 is 4.80. The van der Waals surface area contributed by atoms with E-state index in [1.807, 2.05) is 19.9 Å². The zero-order valence-corrected chi connectivity index (χ0v) is 14.3. The average Bonchev–Trinajstić information content (AvgIpc) is 2.87. The lowest BCUT2D eigenvalue weighted by Gasteiger charge is -2.08. The minimum absolute atomic E-state index is 0.322. The molecule has 0 saturated carbocycles. The van der Waals surface area contributed by atoms with Crippen molar-refractivity contribution >= 4 is 29.2 Å². The predicted molar refractivity (Wildman–Crippen MR) is 90.4 cm³/mol. The van der Waals surface area contributed by atoms with E-state index in [9.17, 15) is 9.59 Å². The SMILES string of the molecule is CCc1[nH]c(C(=O)Nc2cc(Cl)ccc2C)c(C)c1C(=O)OC. The number of aromatic amines is 1.